The van der Waals surface area contributed by atoms with Gasteiger partial charge >= 0.3 is 0 Å². The summed E-state index contributed by atoms with van der Waals surface area (Å²) in [6, 6.07) is 23.8. The van der Waals surface area contributed by atoms with E-state index in [1.165, 1.54) is 5.56 Å². The molecule has 1 heterocycles. The van der Waals surface area contributed by atoms with Crippen molar-refractivity contribution in [3.05, 3.63) is 83.4 Å². The second-order valence-corrected chi connectivity index (χ2v) is 6.96. The highest BCUT2D eigenvalue weighted by atomic mass is 35.5. The molecule has 0 spiro atoms. The number of fused-ring (bicyclic) bond motifs is 1. The quantitative estimate of drug-likeness (QED) is 0.414. The van der Waals surface area contributed by atoms with Crippen molar-refractivity contribution >= 4 is 40.0 Å². The molecule has 3 aromatic carbocycles. The number of halogens is 1. The fraction of sp³-hybridized carbons (Fsp3) is 0.130. The maximum absolute atomic E-state index is 6.23. The van der Waals surface area contributed by atoms with Crippen LogP contribution < -0.4 is 15.4 Å². The van der Waals surface area contributed by atoms with E-state index in [2.05, 4.69) is 39.9 Å². The molecular formula is C23H21ClN4O. The second kappa shape index (κ2) is 8.80. The molecule has 0 aliphatic carbocycles. The van der Waals surface area contributed by atoms with Gasteiger partial charge in [-0.1, -0.05) is 54.1 Å². The van der Waals surface area contributed by atoms with Crippen molar-refractivity contribution in [1.29, 1.82) is 0 Å². The molecule has 0 saturated heterocycles. The third-order valence-electron chi connectivity index (χ3n) is 4.56. The number of ether oxygens (including phenoxy) is 1. The van der Waals surface area contributed by atoms with Crippen LogP contribution in [0.25, 0.3) is 10.9 Å². The Kier molecular flexibility index (Phi) is 5.77. The summed E-state index contributed by atoms with van der Waals surface area (Å²) in [4.78, 5) is 9.33. The summed E-state index contributed by atoms with van der Waals surface area (Å²) in [6.07, 6.45) is 0.913. The molecule has 0 aliphatic rings. The number of nitrogens with one attached hydrogen (secondary N) is 2. The van der Waals surface area contributed by atoms with Crippen LogP contribution in [0.2, 0.25) is 5.02 Å². The molecule has 0 amide bonds. The van der Waals surface area contributed by atoms with Gasteiger partial charge in [0.05, 0.1) is 17.6 Å². The van der Waals surface area contributed by atoms with E-state index in [-0.39, 0.29) is 0 Å². The Morgan fingerprint density at radius 2 is 1.72 bits per heavy atom. The van der Waals surface area contributed by atoms with Gasteiger partial charge in [-0.3, -0.25) is 0 Å². The molecule has 0 saturated carbocycles. The van der Waals surface area contributed by atoms with Gasteiger partial charge in [-0.15, -0.1) is 0 Å². The number of methoxy groups -OCH3 is 1. The molecule has 0 fully saturated rings. The van der Waals surface area contributed by atoms with E-state index in [4.69, 9.17) is 21.3 Å². The van der Waals surface area contributed by atoms with Crippen molar-refractivity contribution in [1.82, 2.24) is 9.97 Å². The molecule has 4 rings (SSSR count). The Morgan fingerprint density at radius 3 is 2.52 bits per heavy atom. The summed E-state index contributed by atoms with van der Waals surface area (Å²) < 4.78 is 5.21. The van der Waals surface area contributed by atoms with E-state index in [1.807, 2.05) is 42.5 Å². The van der Waals surface area contributed by atoms with Crippen LogP contribution in [0.15, 0.2) is 72.8 Å². The average molecular weight is 405 g/mol. The van der Waals surface area contributed by atoms with E-state index in [0.29, 0.717) is 16.7 Å². The lowest BCUT2D eigenvalue weighted by molar-refractivity contribution is 0.415. The fourth-order valence-corrected chi connectivity index (χ4v) is 3.37. The van der Waals surface area contributed by atoms with E-state index in [9.17, 15) is 0 Å². The highest BCUT2D eigenvalue weighted by molar-refractivity contribution is 6.32. The van der Waals surface area contributed by atoms with Crippen molar-refractivity contribution in [2.24, 2.45) is 0 Å². The smallest absolute Gasteiger partial charge is 0.229 e. The van der Waals surface area contributed by atoms with Gasteiger partial charge in [0.15, 0.2) is 0 Å². The predicted molar refractivity (Wildman–Crippen MR) is 119 cm³/mol. The number of para-hydroxylation sites is 1. The van der Waals surface area contributed by atoms with Gasteiger partial charge in [0.25, 0.3) is 0 Å². The molecule has 1 aromatic heterocycles. The van der Waals surface area contributed by atoms with E-state index >= 15 is 0 Å². The van der Waals surface area contributed by atoms with Gasteiger partial charge in [-0.2, -0.15) is 4.98 Å². The van der Waals surface area contributed by atoms with Crippen LogP contribution in [-0.4, -0.2) is 23.6 Å². The second-order valence-electron chi connectivity index (χ2n) is 6.55. The number of hydrogen-bond acceptors (Lipinski definition) is 5. The summed E-state index contributed by atoms with van der Waals surface area (Å²) >= 11 is 6.23. The van der Waals surface area contributed by atoms with E-state index in [1.54, 1.807) is 13.2 Å². The topological polar surface area (TPSA) is 59.1 Å². The number of hydrogen-bond donors (Lipinski definition) is 2. The minimum Gasteiger partial charge on any atom is -0.495 e. The zero-order valence-electron chi connectivity index (χ0n) is 16.0. The number of anilines is 3. The first-order valence-electron chi connectivity index (χ1n) is 9.38. The van der Waals surface area contributed by atoms with Gasteiger partial charge in [-0.25, -0.2) is 4.98 Å². The SMILES string of the molecule is COc1ccc(Nc2nc(NCCc3ccccc3)c3ccccc3n2)cc1Cl. The zero-order valence-corrected chi connectivity index (χ0v) is 16.8. The van der Waals surface area contributed by atoms with Gasteiger partial charge in [0.2, 0.25) is 5.95 Å². The van der Waals surface area contributed by atoms with Crippen LogP contribution in [0.4, 0.5) is 17.5 Å². The number of benzene rings is 3. The standard InChI is InChI=1S/C23H21ClN4O/c1-29-21-12-11-17(15-19(21)24)26-23-27-20-10-6-5-9-18(20)22(28-23)25-14-13-16-7-3-2-4-8-16/h2-12,15H,13-14H2,1H3,(H2,25,26,27,28). The fourth-order valence-electron chi connectivity index (χ4n) is 3.11. The number of aromatic nitrogens is 2. The minimum atomic E-state index is 0.507. The Balaban J connectivity index is 1.57. The highest BCUT2D eigenvalue weighted by Gasteiger charge is 2.09. The lowest BCUT2D eigenvalue weighted by atomic mass is 10.1. The molecule has 0 unspecified atom stereocenters. The molecule has 146 valence electrons. The third kappa shape index (κ3) is 4.58. The lowest BCUT2D eigenvalue weighted by Crippen LogP contribution is -2.09. The molecule has 0 aliphatic heterocycles. The van der Waals surface area contributed by atoms with Crippen LogP contribution in [-0.2, 0) is 6.42 Å². The molecule has 0 atom stereocenters. The van der Waals surface area contributed by atoms with Crippen molar-refractivity contribution in [3.8, 4) is 5.75 Å². The van der Waals surface area contributed by atoms with Crippen molar-refractivity contribution in [2.75, 3.05) is 24.3 Å². The van der Waals surface area contributed by atoms with Gasteiger partial charge < -0.3 is 15.4 Å². The monoisotopic (exact) mass is 404 g/mol. The molecule has 2 N–H and O–H groups in total. The van der Waals surface area contributed by atoms with Crippen LogP contribution in [0.5, 0.6) is 5.75 Å². The molecule has 4 aromatic rings. The third-order valence-corrected chi connectivity index (χ3v) is 4.86. The highest BCUT2D eigenvalue weighted by Crippen LogP contribution is 2.29. The molecule has 0 bridgehead atoms. The average Bonchev–Trinajstić information content (AvgIpc) is 2.75. The van der Waals surface area contributed by atoms with Crippen LogP contribution >= 0.6 is 11.6 Å². The first-order chi connectivity index (χ1) is 14.2. The Hall–Kier alpha value is -3.31. The van der Waals surface area contributed by atoms with Crippen molar-refractivity contribution in [3.63, 3.8) is 0 Å². The Bertz CT molecular complexity index is 1120. The summed E-state index contributed by atoms with van der Waals surface area (Å²) in [7, 11) is 1.59. The van der Waals surface area contributed by atoms with Crippen molar-refractivity contribution in [2.45, 2.75) is 6.42 Å². The van der Waals surface area contributed by atoms with E-state index < -0.39 is 0 Å². The molecule has 6 heteroatoms. The lowest BCUT2D eigenvalue weighted by Gasteiger charge is -2.12. The van der Waals surface area contributed by atoms with Crippen molar-refractivity contribution < 1.29 is 4.74 Å². The largest absolute Gasteiger partial charge is 0.495 e. The molecule has 29 heavy (non-hydrogen) atoms. The van der Waals surface area contributed by atoms with Crippen LogP contribution in [0.1, 0.15) is 5.56 Å². The zero-order chi connectivity index (χ0) is 20.1. The predicted octanol–water partition coefficient (Wildman–Crippen LogP) is 5.69. The number of nitrogens with zero attached hydrogens (tertiary/aromatic N) is 2. The van der Waals surface area contributed by atoms with Gasteiger partial charge in [-0.05, 0) is 42.3 Å². The first-order valence-corrected chi connectivity index (χ1v) is 9.76. The Morgan fingerprint density at radius 1 is 0.931 bits per heavy atom. The minimum absolute atomic E-state index is 0.507. The maximum Gasteiger partial charge on any atom is 0.229 e. The number of rotatable bonds is 7. The maximum atomic E-state index is 6.23. The normalized spacial score (nSPS) is 10.7. The summed E-state index contributed by atoms with van der Waals surface area (Å²) in [5, 5.41) is 8.20. The molecule has 5 nitrogen and oxygen atoms in total. The Labute approximate surface area is 174 Å². The summed E-state index contributed by atoms with van der Waals surface area (Å²) in [5.74, 6) is 1.93. The first kappa shape index (κ1) is 19.0. The van der Waals surface area contributed by atoms with Gasteiger partial charge in [0.1, 0.15) is 11.6 Å². The van der Waals surface area contributed by atoms with Gasteiger partial charge in [0, 0.05) is 17.6 Å². The summed E-state index contributed by atoms with van der Waals surface area (Å²) in [5.41, 5.74) is 2.94. The molecular weight excluding hydrogens is 384 g/mol. The van der Waals surface area contributed by atoms with Crippen LogP contribution in [0.3, 0.4) is 0 Å². The van der Waals surface area contributed by atoms with E-state index in [0.717, 1.165) is 35.4 Å². The molecule has 0 radical (unpaired) electrons. The summed E-state index contributed by atoms with van der Waals surface area (Å²) in [6.45, 7) is 0.777. The van der Waals surface area contributed by atoms with Crippen LogP contribution in [0, 0.1) is 0 Å².